The fraction of sp³-hybridized carbons (Fsp3) is 0.389. The molecule has 112 valence electrons. The predicted octanol–water partition coefficient (Wildman–Crippen LogP) is 4.24. The summed E-state index contributed by atoms with van der Waals surface area (Å²) in [5.41, 5.74) is 3.39. The zero-order chi connectivity index (χ0) is 15.2. The summed E-state index contributed by atoms with van der Waals surface area (Å²) in [7, 11) is 0. The van der Waals surface area contributed by atoms with E-state index in [4.69, 9.17) is 4.74 Å². The van der Waals surface area contributed by atoms with Gasteiger partial charge in [-0.05, 0) is 50.1 Å². The predicted molar refractivity (Wildman–Crippen MR) is 86.8 cm³/mol. The first-order chi connectivity index (χ1) is 10.0. The molecule has 0 unspecified atom stereocenters. The van der Waals surface area contributed by atoms with Crippen LogP contribution in [-0.4, -0.2) is 11.5 Å². The summed E-state index contributed by atoms with van der Waals surface area (Å²) in [6.07, 6.45) is 0. The second-order valence-corrected chi connectivity index (χ2v) is 5.89. The molecule has 0 spiro atoms. The van der Waals surface area contributed by atoms with Gasteiger partial charge >= 0.3 is 0 Å². The standard InChI is InChI=1S/C18H24N2O/c1-13(2)11-19-12-16-9-15(4)20-18(10-16)21-17-7-5-14(3)6-8-17/h5-10,13,19H,11-12H2,1-4H3. The molecule has 3 heteroatoms. The van der Waals surface area contributed by atoms with Crippen molar-refractivity contribution in [1.82, 2.24) is 10.3 Å². The number of rotatable bonds is 6. The van der Waals surface area contributed by atoms with Crippen LogP contribution in [0.4, 0.5) is 0 Å². The zero-order valence-electron chi connectivity index (χ0n) is 13.3. The highest BCUT2D eigenvalue weighted by atomic mass is 16.5. The van der Waals surface area contributed by atoms with E-state index in [9.17, 15) is 0 Å². The van der Waals surface area contributed by atoms with Crippen molar-refractivity contribution in [3.05, 3.63) is 53.2 Å². The molecule has 0 fully saturated rings. The van der Waals surface area contributed by atoms with E-state index in [1.54, 1.807) is 0 Å². The van der Waals surface area contributed by atoms with Gasteiger partial charge in [0.25, 0.3) is 0 Å². The van der Waals surface area contributed by atoms with Crippen molar-refractivity contribution < 1.29 is 4.74 Å². The lowest BCUT2D eigenvalue weighted by molar-refractivity contribution is 0.460. The highest BCUT2D eigenvalue weighted by Crippen LogP contribution is 2.21. The SMILES string of the molecule is Cc1ccc(Oc2cc(CNCC(C)C)cc(C)n2)cc1. The lowest BCUT2D eigenvalue weighted by Gasteiger charge is -2.10. The molecule has 2 rings (SSSR count). The van der Waals surface area contributed by atoms with Gasteiger partial charge in [0, 0.05) is 18.3 Å². The van der Waals surface area contributed by atoms with Crippen LogP contribution in [-0.2, 0) is 6.54 Å². The maximum atomic E-state index is 5.84. The third kappa shape index (κ3) is 5.20. The Labute approximate surface area is 127 Å². The van der Waals surface area contributed by atoms with E-state index >= 15 is 0 Å². The number of benzene rings is 1. The molecule has 0 radical (unpaired) electrons. The Kier molecular flexibility index (Phi) is 5.34. The lowest BCUT2D eigenvalue weighted by Crippen LogP contribution is -2.19. The van der Waals surface area contributed by atoms with Gasteiger partial charge in [-0.2, -0.15) is 0 Å². The minimum Gasteiger partial charge on any atom is -0.439 e. The number of hydrogen-bond donors (Lipinski definition) is 1. The molecule has 2 aromatic rings. The normalized spacial score (nSPS) is 10.9. The average Bonchev–Trinajstić information content (AvgIpc) is 2.40. The van der Waals surface area contributed by atoms with Crippen LogP contribution in [0.25, 0.3) is 0 Å². The smallest absolute Gasteiger partial charge is 0.219 e. The van der Waals surface area contributed by atoms with Crippen LogP contribution in [0.3, 0.4) is 0 Å². The van der Waals surface area contributed by atoms with Crippen molar-refractivity contribution in [2.45, 2.75) is 34.2 Å². The number of nitrogens with one attached hydrogen (secondary N) is 1. The van der Waals surface area contributed by atoms with Gasteiger partial charge in [0.1, 0.15) is 5.75 Å². The van der Waals surface area contributed by atoms with Gasteiger partial charge in [-0.3, -0.25) is 0 Å². The fourth-order valence-corrected chi connectivity index (χ4v) is 2.09. The van der Waals surface area contributed by atoms with Gasteiger partial charge < -0.3 is 10.1 Å². The van der Waals surface area contributed by atoms with E-state index in [0.717, 1.165) is 24.5 Å². The molecule has 0 atom stereocenters. The number of pyridine rings is 1. The Morgan fingerprint density at radius 3 is 2.48 bits per heavy atom. The van der Waals surface area contributed by atoms with Crippen LogP contribution < -0.4 is 10.1 Å². The summed E-state index contributed by atoms with van der Waals surface area (Å²) in [4.78, 5) is 4.44. The van der Waals surface area contributed by atoms with E-state index < -0.39 is 0 Å². The molecule has 1 heterocycles. The van der Waals surface area contributed by atoms with E-state index in [1.165, 1.54) is 11.1 Å². The molecule has 0 saturated carbocycles. The monoisotopic (exact) mass is 284 g/mol. The van der Waals surface area contributed by atoms with Crippen molar-refractivity contribution >= 4 is 0 Å². The molecule has 1 N–H and O–H groups in total. The summed E-state index contributed by atoms with van der Waals surface area (Å²) >= 11 is 0. The first kappa shape index (κ1) is 15.5. The molecule has 1 aromatic carbocycles. The minimum atomic E-state index is 0.649. The molecule has 0 aliphatic rings. The van der Waals surface area contributed by atoms with E-state index in [-0.39, 0.29) is 0 Å². The maximum absolute atomic E-state index is 5.84. The van der Waals surface area contributed by atoms with Gasteiger partial charge in [0.2, 0.25) is 5.88 Å². The van der Waals surface area contributed by atoms with Crippen molar-refractivity contribution in [2.75, 3.05) is 6.54 Å². The highest BCUT2D eigenvalue weighted by molar-refractivity contribution is 5.32. The summed E-state index contributed by atoms with van der Waals surface area (Å²) in [5, 5.41) is 3.44. The van der Waals surface area contributed by atoms with E-state index in [0.29, 0.717) is 11.8 Å². The fourth-order valence-electron chi connectivity index (χ4n) is 2.09. The Morgan fingerprint density at radius 1 is 1.10 bits per heavy atom. The second-order valence-electron chi connectivity index (χ2n) is 5.89. The van der Waals surface area contributed by atoms with Gasteiger partial charge in [0.15, 0.2) is 0 Å². The zero-order valence-corrected chi connectivity index (χ0v) is 13.3. The van der Waals surface area contributed by atoms with Crippen LogP contribution in [0.15, 0.2) is 36.4 Å². The molecule has 1 aromatic heterocycles. The summed E-state index contributed by atoms with van der Waals surface area (Å²) in [6.45, 7) is 10.3. The van der Waals surface area contributed by atoms with Crippen LogP contribution in [0.1, 0.15) is 30.7 Å². The summed E-state index contributed by atoms with van der Waals surface area (Å²) in [5.74, 6) is 2.12. The van der Waals surface area contributed by atoms with Crippen molar-refractivity contribution in [2.24, 2.45) is 5.92 Å². The van der Waals surface area contributed by atoms with Gasteiger partial charge in [0.05, 0.1) is 0 Å². The average molecular weight is 284 g/mol. The molecular weight excluding hydrogens is 260 g/mol. The second kappa shape index (κ2) is 7.23. The van der Waals surface area contributed by atoms with Crippen LogP contribution >= 0.6 is 0 Å². The molecular formula is C18H24N2O. The molecule has 0 amide bonds. The first-order valence-corrected chi connectivity index (χ1v) is 7.46. The first-order valence-electron chi connectivity index (χ1n) is 7.46. The lowest BCUT2D eigenvalue weighted by atomic mass is 10.2. The Bertz CT molecular complexity index is 576. The number of nitrogens with zero attached hydrogens (tertiary/aromatic N) is 1. The van der Waals surface area contributed by atoms with Gasteiger partial charge in [-0.25, -0.2) is 4.98 Å². The summed E-state index contributed by atoms with van der Waals surface area (Å²) in [6, 6.07) is 12.1. The van der Waals surface area contributed by atoms with Crippen LogP contribution in [0.2, 0.25) is 0 Å². The third-order valence-corrected chi connectivity index (χ3v) is 3.11. The number of aromatic nitrogens is 1. The number of hydrogen-bond acceptors (Lipinski definition) is 3. The molecule has 0 aliphatic carbocycles. The Morgan fingerprint density at radius 2 is 1.81 bits per heavy atom. The van der Waals surface area contributed by atoms with Crippen molar-refractivity contribution in [1.29, 1.82) is 0 Å². The van der Waals surface area contributed by atoms with E-state index in [2.05, 4.69) is 37.1 Å². The molecule has 0 bridgehead atoms. The van der Waals surface area contributed by atoms with Crippen LogP contribution in [0.5, 0.6) is 11.6 Å². The Balaban J connectivity index is 2.05. The van der Waals surface area contributed by atoms with Crippen LogP contribution in [0, 0.1) is 19.8 Å². The van der Waals surface area contributed by atoms with Gasteiger partial charge in [-0.1, -0.05) is 31.5 Å². The molecule has 21 heavy (non-hydrogen) atoms. The number of ether oxygens (including phenoxy) is 1. The van der Waals surface area contributed by atoms with Crippen molar-refractivity contribution in [3.63, 3.8) is 0 Å². The summed E-state index contributed by atoms with van der Waals surface area (Å²) < 4.78 is 5.84. The van der Waals surface area contributed by atoms with E-state index in [1.807, 2.05) is 37.3 Å². The molecule has 0 aliphatic heterocycles. The topological polar surface area (TPSA) is 34.1 Å². The quantitative estimate of drug-likeness (QED) is 0.861. The highest BCUT2D eigenvalue weighted by Gasteiger charge is 2.03. The number of aryl methyl sites for hydroxylation is 2. The third-order valence-electron chi connectivity index (χ3n) is 3.11. The largest absolute Gasteiger partial charge is 0.439 e. The maximum Gasteiger partial charge on any atom is 0.219 e. The minimum absolute atomic E-state index is 0.649. The van der Waals surface area contributed by atoms with Gasteiger partial charge in [-0.15, -0.1) is 0 Å². The Hall–Kier alpha value is -1.87. The van der Waals surface area contributed by atoms with Crippen molar-refractivity contribution in [3.8, 4) is 11.6 Å². The molecule has 3 nitrogen and oxygen atoms in total. The molecule has 0 saturated heterocycles.